The van der Waals surface area contributed by atoms with Crippen LogP contribution in [0.15, 0.2) is 23.2 Å². The summed E-state index contributed by atoms with van der Waals surface area (Å²) in [6.07, 6.45) is 0. The summed E-state index contributed by atoms with van der Waals surface area (Å²) in [5, 5.41) is 0.999. The van der Waals surface area contributed by atoms with Gasteiger partial charge in [-0.1, -0.05) is 35.3 Å². The van der Waals surface area contributed by atoms with Gasteiger partial charge in [0.2, 0.25) is 0 Å². The van der Waals surface area contributed by atoms with Crippen molar-refractivity contribution < 1.29 is 0 Å². The molecule has 0 heterocycles. The average Bonchev–Trinajstić information content (AvgIpc) is 2.07. The van der Waals surface area contributed by atoms with E-state index in [0.717, 1.165) is 5.56 Å². The maximum Gasteiger partial charge on any atom is 0.186 e. The predicted molar refractivity (Wildman–Crippen MR) is 63.2 cm³/mol. The molecule has 0 atom stereocenters. The molecule has 0 bridgehead atoms. The third kappa shape index (κ3) is 3.62. The highest BCUT2D eigenvalue weighted by molar-refractivity contribution is 6.42. The van der Waals surface area contributed by atoms with E-state index < -0.39 is 0 Å². The van der Waals surface area contributed by atoms with Crippen molar-refractivity contribution in [3.8, 4) is 0 Å². The smallest absolute Gasteiger partial charge is 0.186 e. The Morgan fingerprint density at radius 3 is 2.50 bits per heavy atom. The third-order valence-corrected chi connectivity index (χ3v) is 2.32. The lowest BCUT2D eigenvalue weighted by atomic mass is 10.2. The van der Waals surface area contributed by atoms with Gasteiger partial charge >= 0.3 is 0 Å². The Balaban J connectivity index is 0.00000169. The summed E-state index contributed by atoms with van der Waals surface area (Å²) in [5.74, 6) is 0.0380. The number of hydrogen-bond donors (Lipinski definition) is 2. The van der Waals surface area contributed by atoms with Crippen LogP contribution in [0.5, 0.6) is 0 Å². The molecule has 0 fully saturated rings. The third-order valence-electron chi connectivity index (χ3n) is 1.46. The molecule has 1 aromatic rings. The van der Waals surface area contributed by atoms with E-state index in [1.165, 1.54) is 0 Å². The van der Waals surface area contributed by atoms with E-state index in [4.69, 9.17) is 34.7 Å². The standard InChI is InChI=1S/C8H9Cl2N3.ClH/c9-6-3-1-2-5(7(6)10)4-13-8(11)12;/h1-3H,4H2,(H4,11,12,13);1H. The summed E-state index contributed by atoms with van der Waals surface area (Å²) < 4.78 is 0. The molecule has 3 nitrogen and oxygen atoms in total. The fourth-order valence-corrected chi connectivity index (χ4v) is 1.23. The molecular weight excluding hydrogens is 244 g/mol. The van der Waals surface area contributed by atoms with Crippen molar-refractivity contribution in [2.45, 2.75) is 6.54 Å². The van der Waals surface area contributed by atoms with Crippen LogP contribution >= 0.6 is 35.6 Å². The van der Waals surface area contributed by atoms with E-state index in [9.17, 15) is 0 Å². The van der Waals surface area contributed by atoms with Gasteiger partial charge in [-0.2, -0.15) is 0 Å². The van der Waals surface area contributed by atoms with Crippen molar-refractivity contribution in [1.82, 2.24) is 0 Å². The van der Waals surface area contributed by atoms with Crippen molar-refractivity contribution >= 4 is 41.6 Å². The van der Waals surface area contributed by atoms with Gasteiger partial charge in [-0.3, -0.25) is 0 Å². The van der Waals surface area contributed by atoms with Crippen molar-refractivity contribution in [1.29, 1.82) is 0 Å². The summed E-state index contributed by atoms with van der Waals surface area (Å²) in [6, 6.07) is 5.33. The Morgan fingerprint density at radius 2 is 1.93 bits per heavy atom. The Bertz CT molecular complexity index is 335. The molecule has 1 rings (SSSR count). The number of halogens is 3. The van der Waals surface area contributed by atoms with Crippen LogP contribution in [0.1, 0.15) is 5.56 Å². The first-order valence-electron chi connectivity index (χ1n) is 3.59. The zero-order valence-electron chi connectivity index (χ0n) is 7.21. The molecule has 4 N–H and O–H groups in total. The van der Waals surface area contributed by atoms with E-state index in [1.54, 1.807) is 12.1 Å². The Labute approximate surface area is 98.5 Å². The molecule has 0 saturated heterocycles. The van der Waals surface area contributed by atoms with Crippen LogP contribution in [0.4, 0.5) is 0 Å². The van der Waals surface area contributed by atoms with E-state index in [1.807, 2.05) is 6.07 Å². The molecule has 0 aliphatic rings. The first kappa shape index (κ1) is 13.4. The van der Waals surface area contributed by atoms with Gasteiger partial charge in [0.15, 0.2) is 5.96 Å². The Kier molecular flexibility index (Phi) is 5.69. The van der Waals surface area contributed by atoms with E-state index in [-0.39, 0.29) is 18.4 Å². The molecule has 0 amide bonds. The van der Waals surface area contributed by atoms with Crippen LogP contribution in [-0.4, -0.2) is 5.96 Å². The molecule has 0 unspecified atom stereocenters. The highest BCUT2D eigenvalue weighted by atomic mass is 35.5. The molecule has 0 radical (unpaired) electrons. The Hall–Kier alpha value is -0.640. The van der Waals surface area contributed by atoms with Crippen LogP contribution in [-0.2, 0) is 6.54 Å². The highest BCUT2D eigenvalue weighted by Crippen LogP contribution is 2.25. The van der Waals surface area contributed by atoms with Gasteiger partial charge in [-0.25, -0.2) is 4.99 Å². The van der Waals surface area contributed by atoms with Crippen molar-refractivity contribution in [2.75, 3.05) is 0 Å². The minimum absolute atomic E-state index is 0. The first-order chi connectivity index (χ1) is 6.11. The number of nitrogens with zero attached hydrogens (tertiary/aromatic N) is 1. The lowest BCUT2D eigenvalue weighted by molar-refractivity contribution is 1.05. The summed E-state index contributed by atoms with van der Waals surface area (Å²) in [4.78, 5) is 3.83. The monoisotopic (exact) mass is 253 g/mol. The molecular formula is C8H10Cl3N3. The summed E-state index contributed by atoms with van der Waals surface area (Å²) in [5.41, 5.74) is 11.2. The molecule has 0 aromatic heterocycles. The van der Waals surface area contributed by atoms with Crippen molar-refractivity contribution in [3.63, 3.8) is 0 Å². The molecule has 0 spiro atoms. The van der Waals surface area contributed by atoms with Gasteiger partial charge in [0.05, 0.1) is 16.6 Å². The maximum absolute atomic E-state index is 5.89. The normalized spacial score (nSPS) is 9.00. The minimum atomic E-state index is 0. The molecule has 0 aliphatic heterocycles. The van der Waals surface area contributed by atoms with Gasteiger partial charge in [-0.15, -0.1) is 12.4 Å². The topological polar surface area (TPSA) is 64.4 Å². The van der Waals surface area contributed by atoms with E-state index in [0.29, 0.717) is 16.6 Å². The van der Waals surface area contributed by atoms with Crippen molar-refractivity contribution in [3.05, 3.63) is 33.8 Å². The predicted octanol–water partition coefficient (Wildman–Crippen LogP) is 2.19. The lowest BCUT2D eigenvalue weighted by Gasteiger charge is -2.01. The van der Waals surface area contributed by atoms with Crippen LogP contribution in [0.25, 0.3) is 0 Å². The number of guanidine groups is 1. The first-order valence-corrected chi connectivity index (χ1v) is 4.35. The average molecular weight is 255 g/mol. The molecule has 14 heavy (non-hydrogen) atoms. The number of nitrogens with two attached hydrogens (primary N) is 2. The van der Waals surface area contributed by atoms with E-state index >= 15 is 0 Å². The fourth-order valence-electron chi connectivity index (χ4n) is 0.847. The molecule has 1 aromatic carbocycles. The number of hydrogen-bond acceptors (Lipinski definition) is 1. The number of rotatable bonds is 2. The summed E-state index contributed by atoms with van der Waals surface area (Å²) >= 11 is 11.7. The lowest BCUT2D eigenvalue weighted by Crippen LogP contribution is -2.22. The Morgan fingerprint density at radius 1 is 1.29 bits per heavy atom. The van der Waals surface area contributed by atoms with Crippen molar-refractivity contribution in [2.24, 2.45) is 16.5 Å². The second kappa shape index (κ2) is 5.96. The van der Waals surface area contributed by atoms with Gasteiger partial charge in [0.1, 0.15) is 0 Å². The zero-order chi connectivity index (χ0) is 9.84. The van der Waals surface area contributed by atoms with E-state index in [2.05, 4.69) is 4.99 Å². The van der Waals surface area contributed by atoms with Gasteiger partial charge in [0, 0.05) is 0 Å². The van der Waals surface area contributed by atoms with Gasteiger partial charge in [0.25, 0.3) is 0 Å². The SMILES string of the molecule is Cl.NC(N)=NCc1cccc(Cl)c1Cl. The van der Waals surface area contributed by atoms with Crippen LogP contribution < -0.4 is 11.5 Å². The zero-order valence-corrected chi connectivity index (χ0v) is 9.53. The fraction of sp³-hybridized carbons (Fsp3) is 0.125. The van der Waals surface area contributed by atoms with Crippen LogP contribution in [0.3, 0.4) is 0 Å². The van der Waals surface area contributed by atoms with Crippen LogP contribution in [0.2, 0.25) is 10.0 Å². The largest absolute Gasteiger partial charge is 0.370 e. The highest BCUT2D eigenvalue weighted by Gasteiger charge is 2.02. The second-order valence-electron chi connectivity index (χ2n) is 2.45. The second-order valence-corrected chi connectivity index (χ2v) is 3.24. The molecule has 0 saturated carbocycles. The van der Waals surface area contributed by atoms with Crippen LogP contribution in [0, 0.1) is 0 Å². The minimum Gasteiger partial charge on any atom is -0.370 e. The summed E-state index contributed by atoms with van der Waals surface area (Å²) in [7, 11) is 0. The summed E-state index contributed by atoms with van der Waals surface area (Å²) in [6.45, 7) is 0.349. The molecule has 78 valence electrons. The molecule has 0 aliphatic carbocycles. The number of benzene rings is 1. The molecule has 6 heteroatoms. The maximum atomic E-state index is 5.89. The number of aliphatic imine (C=N–C) groups is 1. The van der Waals surface area contributed by atoms with Gasteiger partial charge in [-0.05, 0) is 11.6 Å². The van der Waals surface area contributed by atoms with Gasteiger partial charge < -0.3 is 11.5 Å². The quantitative estimate of drug-likeness (QED) is 0.628.